The number of nitrogens with one attached hydrogen (secondary N) is 1. The number of amides is 2. The van der Waals surface area contributed by atoms with Crippen LogP contribution in [0.4, 0.5) is 0 Å². The first-order valence-electron chi connectivity index (χ1n) is 6.37. The van der Waals surface area contributed by atoms with Crippen LogP contribution in [0.3, 0.4) is 0 Å². The van der Waals surface area contributed by atoms with Crippen molar-refractivity contribution in [1.29, 1.82) is 0 Å². The molecule has 0 aliphatic rings. The zero-order valence-electron chi connectivity index (χ0n) is 11.5. The minimum Gasteiger partial charge on any atom is -0.480 e. The summed E-state index contributed by atoms with van der Waals surface area (Å²) in [7, 11) is 0. The number of hydrogen-bond acceptors (Lipinski definition) is 4. The molecule has 0 bridgehead atoms. The topological polar surface area (TPSA) is 130 Å². The van der Waals surface area contributed by atoms with E-state index in [1.807, 2.05) is 0 Å². The Morgan fingerprint density at radius 2 is 1.81 bits per heavy atom. The largest absolute Gasteiger partial charge is 0.480 e. The Labute approximate surface area is 121 Å². The van der Waals surface area contributed by atoms with Crippen LogP contribution in [0.25, 0.3) is 0 Å². The number of hydrogen-bond donors (Lipinski definition) is 4. The number of carboxylic acids is 1. The summed E-state index contributed by atoms with van der Waals surface area (Å²) in [6, 6.07) is 7.64. The fourth-order valence-electron chi connectivity index (χ4n) is 1.74. The first-order chi connectivity index (χ1) is 9.82. The Morgan fingerprint density at radius 1 is 1.24 bits per heavy atom. The predicted octanol–water partition coefficient (Wildman–Crippen LogP) is -0.719. The van der Waals surface area contributed by atoms with Gasteiger partial charge in [-0.2, -0.15) is 0 Å². The summed E-state index contributed by atoms with van der Waals surface area (Å²) in [5.41, 5.74) is 5.65. The van der Waals surface area contributed by atoms with Crippen LogP contribution in [-0.2, 0) is 20.8 Å². The molecular weight excluding hydrogens is 276 g/mol. The van der Waals surface area contributed by atoms with Crippen LogP contribution in [0.5, 0.6) is 0 Å². The summed E-state index contributed by atoms with van der Waals surface area (Å²) in [6.07, 6.45) is -1.56. The zero-order chi connectivity index (χ0) is 16.0. The molecule has 2 amide bonds. The van der Waals surface area contributed by atoms with Gasteiger partial charge in [0, 0.05) is 6.42 Å². The van der Waals surface area contributed by atoms with Crippen molar-refractivity contribution in [2.45, 2.75) is 25.5 Å². The molecule has 0 saturated carbocycles. The number of aliphatic hydroxyl groups excluding tert-OH is 1. The van der Waals surface area contributed by atoms with Gasteiger partial charge in [0.1, 0.15) is 12.1 Å². The summed E-state index contributed by atoms with van der Waals surface area (Å²) >= 11 is 0. The SMILES string of the molecule is CC(C(=O)N[C@@H](Cc1ccccc1)C(=O)O)C(O)C(N)=O. The highest BCUT2D eigenvalue weighted by Crippen LogP contribution is 2.07. The number of primary amides is 1. The standard InChI is InChI=1S/C14H18N2O5/c1-8(11(17)12(15)18)13(19)16-10(14(20)21)7-9-5-3-2-4-6-9/h2-6,8,10-11,17H,7H2,1H3,(H2,15,18)(H,16,19)(H,20,21)/t8?,10-,11?/m0/s1. The molecule has 5 N–H and O–H groups in total. The molecule has 0 aliphatic carbocycles. The minimum atomic E-state index is -1.66. The maximum atomic E-state index is 11.9. The highest BCUT2D eigenvalue weighted by atomic mass is 16.4. The zero-order valence-corrected chi connectivity index (χ0v) is 11.5. The number of benzene rings is 1. The van der Waals surface area contributed by atoms with Crippen molar-refractivity contribution in [3.05, 3.63) is 35.9 Å². The molecule has 7 nitrogen and oxygen atoms in total. The van der Waals surface area contributed by atoms with Crippen LogP contribution in [0.1, 0.15) is 12.5 Å². The van der Waals surface area contributed by atoms with Gasteiger partial charge in [-0.25, -0.2) is 4.79 Å². The fourth-order valence-corrected chi connectivity index (χ4v) is 1.74. The van der Waals surface area contributed by atoms with E-state index in [4.69, 9.17) is 10.8 Å². The number of nitrogens with two attached hydrogens (primary N) is 1. The number of aliphatic hydroxyl groups is 1. The smallest absolute Gasteiger partial charge is 0.326 e. The Balaban J connectivity index is 2.73. The molecule has 1 aromatic rings. The van der Waals surface area contributed by atoms with Crippen molar-refractivity contribution in [3.8, 4) is 0 Å². The molecule has 114 valence electrons. The van der Waals surface area contributed by atoms with Gasteiger partial charge in [-0.1, -0.05) is 37.3 Å². The van der Waals surface area contributed by atoms with Crippen LogP contribution >= 0.6 is 0 Å². The number of carbonyl (C=O) groups is 3. The lowest BCUT2D eigenvalue weighted by Gasteiger charge is -2.19. The fraction of sp³-hybridized carbons (Fsp3) is 0.357. The average Bonchev–Trinajstić information content (AvgIpc) is 2.45. The Kier molecular flexibility index (Phi) is 5.86. The van der Waals surface area contributed by atoms with Crippen LogP contribution in [-0.4, -0.2) is 40.1 Å². The van der Waals surface area contributed by atoms with Gasteiger partial charge in [0.05, 0.1) is 5.92 Å². The number of rotatable bonds is 7. The minimum absolute atomic E-state index is 0.0985. The molecule has 0 aliphatic heterocycles. The molecule has 7 heteroatoms. The second-order valence-corrected chi connectivity index (χ2v) is 4.73. The van der Waals surface area contributed by atoms with E-state index in [2.05, 4.69) is 5.32 Å². The molecule has 0 heterocycles. The highest BCUT2D eigenvalue weighted by Gasteiger charge is 2.29. The van der Waals surface area contributed by atoms with Gasteiger partial charge in [-0.3, -0.25) is 9.59 Å². The lowest BCUT2D eigenvalue weighted by molar-refractivity contribution is -0.144. The lowest BCUT2D eigenvalue weighted by atomic mass is 10.0. The van der Waals surface area contributed by atoms with E-state index >= 15 is 0 Å². The quantitative estimate of drug-likeness (QED) is 0.527. The lowest BCUT2D eigenvalue weighted by Crippen LogP contribution is -2.48. The molecule has 0 radical (unpaired) electrons. The van der Waals surface area contributed by atoms with Crippen molar-refractivity contribution in [1.82, 2.24) is 5.32 Å². The predicted molar refractivity (Wildman–Crippen MR) is 74.1 cm³/mol. The molecule has 0 aromatic heterocycles. The van der Waals surface area contributed by atoms with E-state index in [0.29, 0.717) is 0 Å². The monoisotopic (exact) mass is 294 g/mol. The van der Waals surface area contributed by atoms with Gasteiger partial charge < -0.3 is 21.3 Å². The average molecular weight is 294 g/mol. The van der Waals surface area contributed by atoms with E-state index in [-0.39, 0.29) is 6.42 Å². The number of aliphatic carboxylic acids is 1. The maximum absolute atomic E-state index is 11.9. The summed E-state index contributed by atoms with van der Waals surface area (Å²) in [4.78, 5) is 33.9. The Bertz CT molecular complexity index is 517. The molecule has 1 rings (SSSR count). The van der Waals surface area contributed by atoms with E-state index in [9.17, 15) is 19.5 Å². The van der Waals surface area contributed by atoms with Crippen molar-refractivity contribution in [3.63, 3.8) is 0 Å². The van der Waals surface area contributed by atoms with Crippen molar-refractivity contribution in [2.75, 3.05) is 0 Å². The molecule has 2 unspecified atom stereocenters. The van der Waals surface area contributed by atoms with Crippen LogP contribution in [0.2, 0.25) is 0 Å². The van der Waals surface area contributed by atoms with E-state index in [0.717, 1.165) is 5.56 Å². The van der Waals surface area contributed by atoms with Crippen LogP contribution in [0.15, 0.2) is 30.3 Å². The maximum Gasteiger partial charge on any atom is 0.326 e. The molecular formula is C14H18N2O5. The van der Waals surface area contributed by atoms with Crippen molar-refractivity contribution in [2.24, 2.45) is 11.7 Å². The highest BCUT2D eigenvalue weighted by molar-refractivity contribution is 5.90. The van der Waals surface area contributed by atoms with Crippen LogP contribution < -0.4 is 11.1 Å². The van der Waals surface area contributed by atoms with Crippen molar-refractivity contribution < 1.29 is 24.6 Å². The Hall–Kier alpha value is -2.41. The molecule has 1 aromatic carbocycles. The van der Waals surface area contributed by atoms with E-state index in [1.54, 1.807) is 30.3 Å². The number of carbonyl (C=O) groups excluding carboxylic acids is 2. The summed E-state index contributed by atoms with van der Waals surface area (Å²) in [6.45, 7) is 1.30. The third-order valence-electron chi connectivity index (χ3n) is 3.08. The third-order valence-corrected chi connectivity index (χ3v) is 3.08. The first kappa shape index (κ1) is 16.6. The molecule has 3 atom stereocenters. The van der Waals surface area contributed by atoms with Gasteiger partial charge in [0.25, 0.3) is 0 Å². The normalized spacial score (nSPS) is 14.8. The van der Waals surface area contributed by atoms with Crippen LogP contribution in [0, 0.1) is 5.92 Å². The number of carboxylic acid groups (broad SMARTS) is 1. The molecule has 0 spiro atoms. The van der Waals surface area contributed by atoms with Gasteiger partial charge >= 0.3 is 5.97 Å². The van der Waals surface area contributed by atoms with Gasteiger partial charge in [0.2, 0.25) is 11.8 Å². The molecule has 0 fully saturated rings. The van der Waals surface area contributed by atoms with Gasteiger partial charge in [0.15, 0.2) is 0 Å². The summed E-state index contributed by atoms with van der Waals surface area (Å²) < 4.78 is 0. The summed E-state index contributed by atoms with van der Waals surface area (Å²) in [5, 5.41) is 20.9. The second kappa shape index (κ2) is 7.39. The van der Waals surface area contributed by atoms with Crippen molar-refractivity contribution >= 4 is 17.8 Å². The Morgan fingerprint density at radius 3 is 2.29 bits per heavy atom. The van der Waals surface area contributed by atoms with Gasteiger partial charge in [-0.05, 0) is 5.56 Å². The van der Waals surface area contributed by atoms with E-state index < -0.39 is 35.8 Å². The third kappa shape index (κ3) is 4.88. The van der Waals surface area contributed by atoms with E-state index in [1.165, 1.54) is 6.92 Å². The van der Waals surface area contributed by atoms with Gasteiger partial charge in [-0.15, -0.1) is 0 Å². The molecule has 0 saturated heterocycles. The summed E-state index contributed by atoms with van der Waals surface area (Å²) in [5.74, 6) is -4.11. The molecule has 21 heavy (non-hydrogen) atoms. The first-order valence-corrected chi connectivity index (χ1v) is 6.37. The second-order valence-electron chi connectivity index (χ2n) is 4.73.